The lowest BCUT2D eigenvalue weighted by atomic mass is 10.1. The van der Waals surface area contributed by atoms with Crippen LogP contribution in [0.2, 0.25) is 0 Å². The van der Waals surface area contributed by atoms with E-state index in [1.807, 2.05) is 19.1 Å². The molecule has 0 unspecified atom stereocenters. The summed E-state index contributed by atoms with van der Waals surface area (Å²) in [6.07, 6.45) is 0. The Morgan fingerprint density at radius 3 is 2.33 bits per heavy atom. The quantitative estimate of drug-likeness (QED) is 0.898. The molecular weight excluding hydrogens is 328 g/mol. The molecule has 7 heteroatoms. The molecular formula is C17H16N2O4S. The summed E-state index contributed by atoms with van der Waals surface area (Å²) in [6, 6.07) is 12.4. The Labute approximate surface area is 140 Å². The van der Waals surface area contributed by atoms with Crippen LogP contribution < -0.4 is 4.31 Å². The van der Waals surface area contributed by atoms with Gasteiger partial charge in [-0.25, -0.2) is 8.42 Å². The molecule has 0 fully saturated rings. The van der Waals surface area contributed by atoms with Crippen LogP contribution in [0.4, 0.5) is 5.69 Å². The number of nitriles is 1. The van der Waals surface area contributed by atoms with E-state index >= 15 is 0 Å². The molecule has 6 nitrogen and oxygen atoms in total. The van der Waals surface area contributed by atoms with Crippen molar-refractivity contribution in [2.24, 2.45) is 0 Å². The average molecular weight is 344 g/mol. The van der Waals surface area contributed by atoms with Crippen LogP contribution in [0.5, 0.6) is 0 Å². The van der Waals surface area contributed by atoms with E-state index in [1.54, 1.807) is 19.1 Å². The van der Waals surface area contributed by atoms with Crippen LogP contribution in [0.15, 0.2) is 47.4 Å². The standard InChI is InChI=1S/C17H16N2O4S/c1-12-4-3-5-16(13(12)2)19(11-17(20)21)24(22,23)15-8-6-14(10-18)7-9-15/h3-9H,11H2,1-2H3,(H,20,21). The van der Waals surface area contributed by atoms with Crippen LogP contribution >= 0.6 is 0 Å². The molecule has 2 rings (SSSR count). The van der Waals surface area contributed by atoms with E-state index in [9.17, 15) is 13.2 Å². The third kappa shape index (κ3) is 3.39. The number of hydrogen-bond acceptors (Lipinski definition) is 4. The predicted molar refractivity (Wildman–Crippen MR) is 89.2 cm³/mol. The summed E-state index contributed by atoms with van der Waals surface area (Å²) in [7, 11) is -4.07. The van der Waals surface area contributed by atoms with E-state index in [0.29, 0.717) is 16.8 Å². The van der Waals surface area contributed by atoms with E-state index in [4.69, 9.17) is 10.4 Å². The van der Waals surface area contributed by atoms with Crippen molar-refractivity contribution in [3.8, 4) is 6.07 Å². The summed E-state index contributed by atoms with van der Waals surface area (Å²) in [5, 5.41) is 18.0. The van der Waals surface area contributed by atoms with Crippen molar-refractivity contribution in [3.05, 3.63) is 59.2 Å². The Hall–Kier alpha value is -2.85. The van der Waals surface area contributed by atoms with Gasteiger partial charge in [-0.15, -0.1) is 0 Å². The third-order valence-corrected chi connectivity index (χ3v) is 5.47. The number of aryl methyl sites for hydroxylation is 1. The van der Waals surface area contributed by atoms with Gasteiger partial charge in [0.15, 0.2) is 0 Å². The second-order valence-corrected chi connectivity index (χ2v) is 7.12. The molecule has 0 spiro atoms. The lowest BCUT2D eigenvalue weighted by molar-refractivity contribution is -0.135. The lowest BCUT2D eigenvalue weighted by Crippen LogP contribution is -2.36. The van der Waals surface area contributed by atoms with Gasteiger partial charge in [0.1, 0.15) is 6.54 Å². The Bertz CT molecular complexity index is 913. The van der Waals surface area contributed by atoms with Gasteiger partial charge >= 0.3 is 5.97 Å². The normalized spacial score (nSPS) is 10.9. The molecule has 0 bridgehead atoms. The maximum absolute atomic E-state index is 12.9. The summed E-state index contributed by atoms with van der Waals surface area (Å²) >= 11 is 0. The van der Waals surface area contributed by atoms with E-state index in [0.717, 1.165) is 9.87 Å². The zero-order chi connectivity index (χ0) is 17.9. The maximum atomic E-state index is 12.9. The highest BCUT2D eigenvalue weighted by atomic mass is 32.2. The summed E-state index contributed by atoms with van der Waals surface area (Å²) in [6.45, 7) is 2.88. The molecule has 2 aromatic carbocycles. The summed E-state index contributed by atoms with van der Waals surface area (Å²) in [5.74, 6) is -1.26. The molecule has 0 atom stereocenters. The predicted octanol–water partition coefficient (Wildman–Crippen LogP) is 2.46. The van der Waals surface area contributed by atoms with Crippen molar-refractivity contribution in [2.45, 2.75) is 18.7 Å². The minimum atomic E-state index is -4.07. The summed E-state index contributed by atoms with van der Waals surface area (Å²) in [5.41, 5.74) is 2.20. The van der Waals surface area contributed by atoms with Gasteiger partial charge in [-0.05, 0) is 55.3 Å². The SMILES string of the molecule is Cc1cccc(N(CC(=O)O)S(=O)(=O)c2ccc(C#N)cc2)c1C. The number of rotatable bonds is 5. The Kier molecular flexibility index (Phi) is 4.90. The number of hydrogen-bond donors (Lipinski definition) is 1. The van der Waals surface area contributed by atoms with Crippen LogP contribution in [0, 0.1) is 25.2 Å². The van der Waals surface area contributed by atoms with Crippen molar-refractivity contribution in [2.75, 3.05) is 10.8 Å². The molecule has 0 saturated heterocycles. The highest BCUT2D eigenvalue weighted by Gasteiger charge is 2.28. The zero-order valence-electron chi connectivity index (χ0n) is 13.2. The summed E-state index contributed by atoms with van der Waals surface area (Å²) in [4.78, 5) is 11.1. The van der Waals surface area contributed by atoms with Crippen molar-refractivity contribution in [3.63, 3.8) is 0 Å². The van der Waals surface area contributed by atoms with Crippen molar-refractivity contribution in [1.29, 1.82) is 5.26 Å². The first kappa shape index (κ1) is 17.5. The minimum Gasteiger partial charge on any atom is -0.480 e. The topological polar surface area (TPSA) is 98.5 Å². The number of carbonyl (C=O) groups is 1. The summed E-state index contributed by atoms with van der Waals surface area (Å²) < 4.78 is 26.7. The van der Waals surface area contributed by atoms with Crippen LogP contribution in [0.25, 0.3) is 0 Å². The minimum absolute atomic E-state index is 0.0661. The van der Waals surface area contributed by atoms with Gasteiger partial charge in [-0.1, -0.05) is 12.1 Å². The Morgan fingerprint density at radius 2 is 1.79 bits per heavy atom. The number of carboxylic acid groups (broad SMARTS) is 1. The second-order valence-electron chi connectivity index (χ2n) is 5.26. The molecule has 0 aliphatic carbocycles. The molecule has 1 N–H and O–H groups in total. The Morgan fingerprint density at radius 1 is 1.17 bits per heavy atom. The molecule has 24 heavy (non-hydrogen) atoms. The van der Waals surface area contributed by atoms with Crippen LogP contribution in [-0.4, -0.2) is 26.0 Å². The van der Waals surface area contributed by atoms with Crippen molar-refractivity contribution >= 4 is 21.7 Å². The molecule has 0 amide bonds. The molecule has 0 aromatic heterocycles. The van der Waals surface area contributed by atoms with Gasteiger partial charge in [-0.2, -0.15) is 5.26 Å². The fraction of sp³-hybridized carbons (Fsp3) is 0.176. The highest BCUT2D eigenvalue weighted by Crippen LogP contribution is 2.28. The van der Waals surface area contributed by atoms with Crippen LogP contribution in [0.3, 0.4) is 0 Å². The first-order valence-electron chi connectivity index (χ1n) is 7.08. The number of aliphatic carboxylic acids is 1. The van der Waals surface area contributed by atoms with E-state index in [-0.39, 0.29) is 4.90 Å². The second kappa shape index (κ2) is 6.72. The number of carboxylic acids is 1. The van der Waals surface area contributed by atoms with Gasteiger partial charge < -0.3 is 5.11 Å². The fourth-order valence-electron chi connectivity index (χ4n) is 2.26. The number of nitrogens with zero attached hydrogens (tertiary/aromatic N) is 2. The van der Waals surface area contributed by atoms with Gasteiger partial charge in [0, 0.05) is 0 Å². The fourth-order valence-corrected chi connectivity index (χ4v) is 3.73. The van der Waals surface area contributed by atoms with E-state index in [2.05, 4.69) is 0 Å². The van der Waals surface area contributed by atoms with Crippen LogP contribution in [-0.2, 0) is 14.8 Å². The number of anilines is 1. The third-order valence-electron chi connectivity index (χ3n) is 3.70. The van der Waals surface area contributed by atoms with E-state index in [1.165, 1.54) is 24.3 Å². The lowest BCUT2D eigenvalue weighted by Gasteiger charge is -2.25. The van der Waals surface area contributed by atoms with Gasteiger partial charge in [0.2, 0.25) is 0 Å². The highest BCUT2D eigenvalue weighted by molar-refractivity contribution is 7.92. The number of benzene rings is 2. The molecule has 0 heterocycles. The molecule has 0 aliphatic rings. The molecule has 0 radical (unpaired) electrons. The molecule has 124 valence electrons. The largest absolute Gasteiger partial charge is 0.480 e. The smallest absolute Gasteiger partial charge is 0.324 e. The zero-order valence-corrected chi connectivity index (χ0v) is 14.0. The average Bonchev–Trinajstić information content (AvgIpc) is 2.55. The first-order valence-corrected chi connectivity index (χ1v) is 8.52. The first-order chi connectivity index (χ1) is 11.3. The van der Waals surface area contributed by atoms with Gasteiger partial charge in [0.05, 0.1) is 22.2 Å². The maximum Gasteiger partial charge on any atom is 0.324 e. The van der Waals surface area contributed by atoms with Gasteiger partial charge in [0.25, 0.3) is 10.0 Å². The molecule has 2 aromatic rings. The monoisotopic (exact) mass is 344 g/mol. The number of sulfonamides is 1. The van der Waals surface area contributed by atoms with Crippen LogP contribution in [0.1, 0.15) is 16.7 Å². The van der Waals surface area contributed by atoms with Crippen molar-refractivity contribution < 1.29 is 18.3 Å². The molecule has 0 saturated carbocycles. The molecule has 0 aliphatic heterocycles. The van der Waals surface area contributed by atoms with Crippen molar-refractivity contribution in [1.82, 2.24) is 0 Å². The van der Waals surface area contributed by atoms with E-state index < -0.39 is 22.5 Å². The Balaban J connectivity index is 2.60. The van der Waals surface area contributed by atoms with Gasteiger partial charge in [-0.3, -0.25) is 9.10 Å².